The monoisotopic (exact) mass is 284 g/mol. The lowest BCUT2D eigenvalue weighted by Gasteiger charge is -2.27. The number of anilines is 1. The minimum Gasteiger partial charge on any atom is -0.357 e. The highest BCUT2D eigenvalue weighted by molar-refractivity contribution is 7.92. The van der Waals surface area contributed by atoms with Crippen molar-refractivity contribution in [3.63, 3.8) is 0 Å². The molecule has 6 heteroatoms. The minimum atomic E-state index is -3.52. The van der Waals surface area contributed by atoms with Crippen LogP contribution < -0.4 is 9.62 Å². The Hall–Kier alpha value is -1.56. The van der Waals surface area contributed by atoms with Gasteiger partial charge in [-0.1, -0.05) is 19.1 Å². The van der Waals surface area contributed by atoms with Crippen molar-refractivity contribution >= 4 is 21.6 Å². The molecule has 0 heterocycles. The Balaban J connectivity index is 3.21. The number of amides is 1. The smallest absolute Gasteiger partial charge is 0.243 e. The predicted molar refractivity (Wildman–Crippen MR) is 76.7 cm³/mol. The number of nitrogens with one attached hydrogen (secondary N) is 1. The second-order valence-electron chi connectivity index (χ2n) is 4.37. The van der Waals surface area contributed by atoms with Gasteiger partial charge >= 0.3 is 0 Å². The quantitative estimate of drug-likeness (QED) is 0.882. The van der Waals surface area contributed by atoms with Gasteiger partial charge in [-0.05, 0) is 31.0 Å². The molecule has 0 spiro atoms. The Bertz CT molecular complexity index is 538. The zero-order chi connectivity index (χ0) is 14.6. The normalized spacial score (nSPS) is 12.8. The molecular formula is C13H20N2O3S. The Kier molecular flexibility index (Phi) is 4.94. The van der Waals surface area contributed by atoms with Gasteiger partial charge in [0.25, 0.3) is 0 Å². The molecule has 1 aromatic rings. The molecule has 5 nitrogen and oxygen atoms in total. The molecule has 1 rings (SSSR count). The molecule has 0 aromatic heterocycles. The Morgan fingerprint density at radius 2 is 1.84 bits per heavy atom. The van der Waals surface area contributed by atoms with Gasteiger partial charge in [0, 0.05) is 7.05 Å². The lowest BCUT2D eigenvalue weighted by Crippen LogP contribution is -2.46. The second kappa shape index (κ2) is 6.06. The molecule has 0 aliphatic rings. The number of likely N-dealkylation sites (N-methyl/N-ethyl adjacent to an activating group) is 1. The maximum Gasteiger partial charge on any atom is 0.243 e. The first-order valence-electron chi connectivity index (χ1n) is 6.11. The topological polar surface area (TPSA) is 66.5 Å². The highest BCUT2D eigenvalue weighted by atomic mass is 32.2. The van der Waals surface area contributed by atoms with Crippen LogP contribution in [0.5, 0.6) is 0 Å². The fraction of sp³-hybridized carbons (Fsp3) is 0.462. The van der Waals surface area contributed by atoms with Crippen LogP contribution in [0.2, 0.25) is 0 Å². The molecule has 106 valence electrons. The number of carbonyl (C=O) groups is 1. The van der Waals surface area contributed by atoms with Gasteiger partial charge in [0.05, 0.1) is 11.9 Å². The van der Waals surface area contributed by atoms with Crippen molar-refractivity contribution in [3.05, 3.63) is 29.8 Å². The van der Waals surface area contributed by atoms with Gasteiger partial charge in [-0.25, -0.2) is 8.42 Å². The Labute approximate surface area is 114 Å². The van der Waals surface area contributed by atoms with Crippen LogP contribution in [0.4, 0.5) is 5.69 Å². The maximum absolute atomic E-state index is 11.9. The molecule has 0 unspecified atom stereocenters. The summed E-state index contributed by atoms with van der Waals surface area (Å²) in [6.45, 7) is 3.59. The SMILES string of the molecule is CCc1ccc(N([C@@H](C)C(=O)NC)S(C)(=O)=O)cc1. The number of hydrogen-bond acceptors (Lipinski definition) is 3. The highest BCUT2D eigenvalue weighted by Crippen LogP contribution is 2.21. The molecule has 0 saturated carbocycles. The van der Waals surface area contributed by atoms with E-state index in [2.05, 4.69) is 5.32 Å². The van der Waals surface area contributed by atoms with Crippen molar-refractivity contribution in [2.75, 3.05) is 17.6 Å². The summed E-state index contributed by atoms with van der Waals surface area (Å²) in [4.78, 5) is 11.7. The first-order valence-corrected chi connectivity index (χ1v) is 7.96. The van der Waals surface area contributed by atoms with E-state index in [1.807, 2.05) is 19.1 Å². The number of sulfonamides is 1. The largest absolute Gasteiger partial charge is 0.357 e. The van der Waals surface area contributed by atoms with Crippen LogP contribution in [0.1, 0.15) is 19.4 Å². The van der Waals surface area contributed by atoms with Crippen LogP contribution in [0, 0.1) is 0 Å². The van der Waals surface area contributed by atoms with Gasteiger partial charge in [-0.2, -0.15) is 0 Å². The molecule has 0 fully saturated rings. The summed E-state index contributed by atoms with van der Waals surface area (Å²) in [6.07, 6.45) is 1.98. The Morgan fingerprint density at radius 1 is 1.32 bits per heavy atom. The summed E-state index contributed by atoms with van der Waals surface area (Å²) in [5, 5.41) is 2.46. The number of carbonyl (C=O) groups excluding carboxylic acids is 1. The zero-order valence-electron chi connectivity index (χ0n) is 11.7. The molecule has 19 heavy (non-hydrogen) atoms. The maximum atomic E-state index is 11.9. The van der Waals surface area contributed by atoms with Crippen LogP contribution in [0.25, 0.3) is 0 Å². The number of aryl methyl sites for hydroxylation is 1. The number of hydrogen-bond donors (Lipinski definition) is 1. The standard InChI is InChI=1S/C13H20N2O3S/c1-5-11-6-8-12(9-7-11)15(19(4,17)18)10(2)13(16)14-3/h6-10H,5H2,1-4H3,(H,14,16)/t10-/m0/s1. The Morgan fingerprint density at radius 3 is 2.21 bits per heavy atom. The van der Waals surface area contributed by atoms with Crippen molar-refractivity contribution in [2.24, 2.45) is 0 Å². The van der Waals surface area contributed by atoms with Gasteiger partial charge in [0.15, 0.2) is 0 Å². The molecule has 1 amide bonds. The third kappa shape index (κ3) is 3.70. The summed E-state index contributed by atoms with van der Waals surface area (Å²) in [5.74, 6) is -0.343. The first-order chi connectivity index (χ1) is 8.81. The van der Waals surface area contributed by atoms with E-state index in [1.54, 1.807) is 19.1 Å². The van der Waals surface area contributed by atoms with Crippen LogP contribution in [-0.4, -0.2) is 33.7 Å². The lowest BCUT2D eigenvalue weighted by molar-refractivity contribution is -0.121. The average Bonchev–Trinajstić information content (AvgIpc) is 2.37. The van der Waals surface area contributed by atoms with Crippen molar-refractivity contribution in [3.8, 4) is 0 Å². The average molecular weight is 284 g/mol. The van der Waals surface area contributed by atoms with E-state index < -0.39 is 16.1 Å². The molecule has 0 bridgehead atoms. The molecule has 0 aliphatic carbocycles. The third-order valence-corrected chi connectivity index (χ3v) is 4.18. The number of benzene rings is 1. The molecule has 0 aliphatic heterocycles. The summed E-state index contributed by atoms with van der Waals surface area (Å²) in [6, 6.07) is 6.39. The van der Waals surface area contributed by atoms with E-state index in [0.717, 1.165) is 22.5 Å². The van der Waals surface area contributed by atoms with E-state index in [0.29, 0.717) is 5.69 Å². The first kappa shape index (κ1) is 15.5. The van der Waals surface area contributed by atoms with E-state index >= 15 is 0 Å². The third-order valence-electron chi connectivity index (χ3n) is 2.93. The van der Waals surface area contributed by atoms with Crippen LogP contribution in [-0.2, 0) is 21.2 Å². The van der Waals surface area contributed by atoms with Crippen LogP contribution >= 0.6 is 0 Å². The molecule has 0 radical (unpaired) electrons. The summed E-state index contributed by atoms with van der Waals surface area (Å²) in [7, 11) is -2.03. The van der Waals surface area contributed by atoms with Gasteiger partial charge in [-0.3, -0.25) is 9.10 Å². The van der Waals surface area contributed by atoms with Crippen LogP contribution in [0.3, 0.4) is 0 Å². The highest BCUT2D eigenvalue weighted by Gasteiger charge is 2.28. The number of nitrogens with zero attached hydrogens (tertiary/aromatic N) is 1. The molecular weight excluding hydrogens is 264 g/mol. The van der Waals surface area contributed by atoms with Gasteiger partial charge in [0.1, 0.15) is 6.04 Å². The van der Waals surface area contributed by atoms with E-state index in [4.69, 9.17) is 0 Å². The molecule has 1 N–H and O–H groups in total. The fourth-order valence-electron chi connectivity index (χ4n) is 1.90. The van der Waals surface area contributed by atoms with E-state index in [-0.39, 0.29) is 5.91 Å². The van der Waals surface area contributed by atoms with Gasteiger partial charge in [0.2, 0.25) is 15.9 Å². The molecule has 0 saturated heterocycles. The summed E-state index contributed by atoms with van der Waals surface area (Å²) < 4.78 is 24.9. The van der Waals surface area contributed by atoms with Crippen molar-refractivity contribution < 1.29 is 13.2 Å². The summed E-state index contributed by atoms with van der Waals surface area (Å²) >= 11 is 0. The van der Waals surface area contributed by atoms with Crippen molar-refractivity contribution in [1.82, 2.24) is 5.32 Å². The lowest BCUT2D eigenvalue weighted by atomic mass is 10.1. The van der Waals surface area contributed by atoms with E-state index in [9.17, 15) is 13.2 Å². The fourth-order valence-corrected chi connectivity index (χ4v) is 3.07. The van der Waals surface area contributed by atoms with Crippen LogP contribution in [0.15, 0.2) is 24.3 Å². The van der Waals surface area contributed by atoms with Crippen molar-refractivity contribution in [1.29, 1.82) is 0 Å². The second-order valence-corrected chi connectivity index (χ2v) is 6.23. The summed E-state index contributed by atoms with van der Waals surface area (Å²) in [5.41, 5.74) is 1.61. The molecule has 1 aromatic carbocycles. The predicted octanol–water partition coefficient (Wildman–Crippen LogP) is 1.15. The van der Waals surface area contributed by atoms with Gasteiger partial charge < -0.3 is 5.32 Å². The van der Waals surface area contributed by atoms with E-state index in [1.165, 1.54) is 7.05 Å². The zero-order valence-corrected chi connectivity index (χ0v) is 12.5. The molecule has 1 atom stereocenters. The van der Waals surface area contributed by atoms with Crippen molar-refractivity contribution in [2.45, 2.75) is 26.3 Å². The minimum absolute atomic E-state index is 0.343. The van der Waals surface area contributed by atoms with Gasteiger partial charge in [-0.15, -0.1) is 0 Å². The number of rotatable bonds is 5.